The maximum Gasteiger partial charge on any atom is 0.132 e. The van der Waals surface area contributed by atoms with Gasteiger partial charge in [0, 0.05) is 30.7 Å². The van der Waals surface area contributed by atoms with E-state index in [9.17, 15) is 0 Å². The maximum absolute atomic E-state index is 4.43. The van der Waals surface area contributed by atoms with E-state index in [0.717, 1.165) is 17.7 Å². The minimum Gasteiger partial charge on any atom is -0.359 e. The number of aromatic nitrogens is 1. The van der Waals surface area contributed by atoms with Crippen molar-refractivity contribution in [3.8, 4) is 0 Å². The van der Waals surface area contributed by atoms with Gasteiger partial charge in [0.15, 0.2) is 0 Å². The van der Waals surface area contributed by atoms with Crippen LogP contribution in [0.15, 0.2) is 18.3 Å². The van der Waals surface area contributed by atoms with Crippen molar-refractivity contribution in [2.75, 3.05) is 18.5 Å². The van der Waals surface area contributed by atoms with E-state index in [1.165, 1.54) is 12.0 Å². The van der Waals surface area contributed by atoms with Crippen molar-refractivity contribution in [1.82, 2.24) is 4.98 Å². The first kappa shape index (κ1) is 12.5. The minimum atomic E-state index is 0.709. The van der Waals surface area contributed by atoms with Gasteiger partial charge in [-0.15, -0.1) is 0 Å². The number of halogens is 1. The summed E-state index contributed by atoms with van der Waals surface area (Å²) in [4.78, 5) is 6.67. The molecule has 0 fully saturated rings. The molecule has 0 saturated heterocycles. The summed E-state index contributed by atoms with van der Waals surface area (Å²) in [5.41, 5.74) is 1.25. The van der Waals surface area contributed by atoms with Gasteiger partial charge in [0.25, 0.3) is 0 Å². The van der Waals surface area contributed by atoms with E-state index in [1.54, 1.807) is 0 Å². The quantitative estimate of drug-likeness (QED) is 0.762. The van der Waals surface area contributed by atoms with Crippen molar-refractivity contribution in [1.29, 1.82) is 0 Å². The summed E-state index contributed by atoms with van der Waals surface area (Å²) in [5.74, 6) is 1.80. The van der Waals surface area contributed by atoms with Gasteiger partial charge in [0.05, 0.1) is 0 Å². The molecule has 0 aliphatic rings. The Bertz CT molecular complexity index is 301. The summed E-state index contributed by atoms with van der Waals surface area (Å²) < 4.78 is 0. The fourth-order valence-electron chi connectivity index (χ4n) is 1.56. The zero-order valence-corrected chi connectivity index (χ0v) is 11.3. The highest BCUT2D eigenvalue weighted by Crippen LogP contribution is 2.19. The molecule has 1 rings (SSSR count). The van der Waals surface area contributed by atoms with Gasteiger partial charge in [0.1, 0.15) is 5.82 Å². The van der Waals surface area contributed by atoms with Crippen LogP contribution in [0.25, 0.3) is 0 Å². The van der Waals surface area contributed by atoms with Gasteiger partial charge in [-0.1, -0.05) is 42.3 Å². The number of hydrogen-bond donors (Lipinski definition) is 0. The highest BCUT2D eigenvalue weighted by atomic mass is 79.9. The molecule has 0 bridgehead atoms. The van der Waals surface area contributed by atoms with E-state index in [0.29, 0.717) is 5.92 Å². The monoisotopic (exact) mass is 270 g/mol. The minimum absolute atomic E-state index is 0.709. The topological polar surface area (TPSA) is 16.1 Å². The maximum atomic E-state index is 4.43. The molecule has 0 amide bonds. The van der Waals surface area contributed by atoms with Crippen LogP contribution >= 0.6 is 15.9 Å². The predicted molar refractivity (Wildman–Crippen MR) is 69.6 cm³/mol. The third-order valence-corrected chi connectivity index (χ3v) is 3.26. The van der Waals surface area contributed by atoms with Crippen LogP contribution in [0, 0.1) is 5.92 Å². The molecule has 0 aliphatic carbocycles. The third kappa shape index (κ3) is 3.49. The van der Waals surface area contributed by atoms with Crippen molar-refractivity contribution in [2.45, 2.75) is 25.6 Å². The fraction of sp³-hybridized carbons (Fsp3) is 0.583. The summed E-state index contributed by atoms with van der Waals surface area (Å²) in [6.45, 7) is 5.56. The van der Waals surface area contributed by atoms with Crippen molar-refractivity contribution >= 4 is 21.7 Å². The van der Waals surface area contributed by atoms with Crippen LogP contribution in [0.2, 0.25) is 0 Å². The Kier molecular flexibility index (Phi) is 5.09. The summed E-state index contributed by atoms with van der Waals surface area (Å²) in [6, 6.07) is 4.10. The van der Waals surface area contributed by atoms with E-state index in [-0.39, 0.29) is 0 Å². The van der Waals surface area contributed by atoms with Crippen LogP contribution in [0.3, 0.4) is 0 Å². The van der Waals surface area contributed by atoms with Crippen LogP contribution < -0.4 is 4.90 Å². The lowest BCUT2D eigenvalue weighted by Crippen LogP contribution is -2.25. The standard InChI is InChI=1S/C12H19BrN2/c1-4-10(2)9-15(3)12-11(8-13)6-5-7-14-12/h5-7,10H,4,8-9H2,1-3H3. The number of anilines is 1. The molecule has 2 nitrogen and oxygen atoms in total. The van der Waals surface area contributed by atoms with Crippen LogP contribution in [0.1, 0.15) is 25.8 Å². The second-order valence-electron chi connectivity index (χ2n) is 4.01. The number of hydrogen-bond acceptors (Lipinski definition) is 2. The lowest BCUT2D eigenvalue weighted by molar-refractivity contribution is 0.557. The number of alkyl halides is 1. The van der Waals surface area contributed by atoms with E-state index in [1.807, 2.05) is 12.3 Å². The Balaban J connectivity index is 2.76. The Labute approximate surface area is 101 Å². The third-order valence-electron chi connectivity index (χ3n) is 2.66. The Morgan fingerprint density at radius 2 is 2.27 bits per heavy atom. The molecule has 1 heterocycles. The molecular weight excluding hydrogens is 252 g/mol. The van der Waals surface area contributed by atoms with Gasteiger partial charge in [0.2, 0.25) is 0 Å². The molecule has 0 N–H and O–H groups in total. The Morgan fingerprint density at radius 1 is 1.53 bits per heavy atom. The number of nitrogens with zero attached hydrogens (tertiary/aromatic N) is 2. The van der Waals surface area contributed by atoms with Crippen LogP contribution in [0.5, 0.6) is 0 Å². The molecule has 3 heteroatoms. The highest BCUT2D eigenvalue weighted by molar-refractivity contribution is 9.08. The largest absolute Gasteiger partial charge is 0.359 e. The molecule has 1 aromatic heterocycles. The van der Waals surface area contributed by atoms with Crippen molar-refractivity contribution < 1.29 is 0 Å². The number of pyridine rings is 1. The molecule has 1 unspecified atom stereocenters. The second-order valence-corrected chi connectivity index (χ2v) is 4.57. The highest BCUT2D eigenvalue weighted by Gasteiger charge is 2.09. The van der Waals surface area contributed by atoms with Crippen LogP contribution in [-0.2, 0) is 5.33 Å². The lowest BCUT2D eigenvalue weighted by atomic mass is 10.1. The van der Waals surface area contributed by atoms with Crippen LogP contribution in [0.4, 0.5) is 5.82 Å². The normalized spacial score (nSPS) is 12.5. The average molecular weight is 271 g/mol. The molecule has 84 valence electrons. The Hall–Kier alpha value is -0.570. The molecule has 15 heavy (non-hydrogen) atoms. The first-order chi connectivity index (χ1) is 7.19. The predicted octanol–water partition coefficient (Wildman–Crippen LogP) is 3.46. The molecule has 0 radical (unpaired) electrons. The second kappa shape index (κ2) is 6.11. The van der Waals surface area contributed by atoms with Crippen molar-refractivity contribution in [3.05, 3.63) is 23.9 Å². The van der Waals surface area contributed by atoms with Gasteiger partial charge in [-0.05, 0) is 12.0 Å². The summed E-state index contributed by atoms with van der Waals surface area (Å²) in [7, 11) is 2.11. The van der Waals surface area contributed by atoms with E-state index in [4.69, 9.17) is 0 Å². The first-order valence-electron chi connectivity index (χ1n) is 5.40. The van der Waals surface area contributed by atoms with Gasteiger partial charge < -0.3 is 4.90 Å². The summed E-state index contributed by atoms with van der Waals surface area (Å²) in [6.07, 6.45) is 3.06. The van der Waals surface area contributed by atoms with E-state index in [2.05, 4.69) is 52.8 Å². The van der Waals surface area contributed by atoms with E-state index < -0.39 is 0 Å². The van der Waals surface area contributed by atoms with Gasteiger partial charge >= 0.3 is 0 Å². The average Bonchev–Trinajstić information content (AvgIpc) is 2.28. The molecule has 0 aliphatic heterocycles. The summed E-state index contributed by atoms with van der Waals surface area (Å²) >= 11 is 3.49. The first-order valence-corrected chi connectivity index (χ1v) is 6.52. The molecule has 0 spiro atoms. The summed E-state index contributed by atoms with van der Waals surface area (Å²) in [5, 5.41) is 0.862. The van der Waals surface area contributed by atoms with Crippen LogP contribution in [-0.4, -0.2) is 18.6 Å². The SMILES string of the molecule is CCC(C)CN(C)c1ncccc1CBr. The van der Waals surface area contributed by atoms with E-state index >= 15 is 0 Å². The van der Waals surface area contributed by atoms with Gasteiger partial charge in [-0.3, -0.25) is 0 Å². The van der Waals surface area contributed by atoms with Crippen molar-refractivity contribution in [3.63, 3.8) is 0 Å². The molecule has 0 aromatic carbocycles. The molecule has 0 saturated carbocycles. The molecule has 1 aromatic rings. The van der Waals surface area contributed by atoms with Crippen molar-refractivity contribution in [2.24, 2.45) is 5.92 Å². The van der Waals surface area contributed by atoms with Gasteiger partial charge in [-0.2, -0.15) is 0 Å². The zero-order valence-electron chi connectivity index (χ0n) is 9.70. The Morgan fingerprint density at radius 3 is 2.87 bits per heavy atom. The van der Waals surface area contributed by atoms with Gasteiger partial charge in [-0.25, -0.2) is 4.98 Å². The fourth-order valence-corrected chi connectivity index (χ4v) is 2.00. The molecular formula is C12H19BrN2. The zero-order chi connectivity index (χ0) is 11.3. The molecule has 1 atom stereocenters. The lowest BCUT2D eigenvalue weighted by Gasteiger charge is -2.23. The smallest absolute Gasteiger partial charge is 0.132 e. The number of rotatable bonds is 5.